The van der Waals surface area contributed by atoms with Crippen LogP contribution in [0.1, 0.15) is 16.1 Å². The number of methoxy groups -OCH3 is 1. The van der Waals surface area contributed by atoms with E-state index < -0.39 is 10.8 Å². The third-order valence-corrected chi connectivity index (χ3v) is 3.61. The Hall–Kier alpha value is -4.34. The van der Waals surface area contributed by atoms with E-state index in [1.807, 2.05) is 0 Å². The van der Waals surface area contributed by atoms with Crippen molar-refractivity contribution in [1.29, 1.82) is 0 Å². The zero-order chi connectivity index (χ0) is 20.6. The SMILES string of the molecule is COc1cc(/C=N/NC(=O)c2ccccn2)ccc1Oc1ccc([N+](=O)[O-])cn1. The Labute approximate surface area is 165 Å². The number of nitrogens with zero attached hydrogens (tertiary/aromatic N) is 4. The summed E-state index contributed by atoms with van der Waals surface area (Å²) in [4.78, 5) is 29.9. The van der Waals surface area contributed by atoms with Gasteiger partial charge in [-0.25, -0.2) is 10.4 Å². The molecule has 0 saturated heterocycles. The number of carbonyl (C=O) groups excluding carboxylic acids is 1. The number of nitrogens with one attached hydrogen (secondary N) is 1. The quantitative estimate of drug-likeness (QED) is 0.371. The van der Waals surface area contributed by atoms with Crippen LogP contribution in [0.25, 0.3) is 0 Å². The zero-order valence-electron chi connectivity index (χ0n) is 15.2. The summed E-state index contributed by atoms with van der Waals surface area (Å²) in [5.74, 6) is 0.504. The first-order valence-electron chi connectivity index (χ1n) is 8.27. The second kappa shape index (κ2) is 9.04. The molecule has 0 unspecified atom stereocenters. The van der Waals surface area contributed by atoms with Gasteiger partial charge < -0.3 is 9.47 Å². The van der Waals surface area contributed by atoms with E-state index in [1.54, 1.807) is 36.4 Å². The number of rotatable bonds is 7. The maximum absolute atomic E-state index is 11.9. The van der Waals surface area contributed by atoms with Crippen LogP contribution in [-0.2, 0) is 0 Å². The highest BCUT2D eigenvalue weighted by Gasteiger charge is 2.10. The first-order valence-corrected chi connectivity index (χ1v) is 8.27. The fourth-order valence-electron chi connectivity index (χ4n) is 2.22. The van der Waals surface area contributed by atoms with Crippen molar-refractivity contribution in [1.82, 2.24) is 15.4 Å². The summed E-state index contributed by atoms with van der Waals surface area (Å²) in [5.41, 5.74) is 3.15. The maximum atomic E-state index is 11.9. The maximum Gasteiger partial charge on any atom is 0.289 e. The molecule has 3 rings (SSSR count). The third kappa shape index (κ3) is 5.10. The molecule has 0 atom stereocenters. The fourth-order valence-corrected chi connectivity index (χ4v) is 2.22. The number of ether oxygens (including phenoxy) is 2. The van der Waals surface area contributed by atoms with E-state index in [1.165, 1.54) is 31.7 Å². The van der Waals surface area contributed by atoms with Crippen LogP contribution >= 0.6 is 0 Å². The summed E-state index contributed by atoms with van der Waals surface area (Å²) >= 11 is 0. The van der Waals surface area contributed by atoms with Crippen LogP contribution in [0.2, 0.25) is 0 Å². The van der Waals surface area contributed by atoms with Crippen molar-refractivity contribution >= 4 is 17.8 Å². The van der Waals surface area contributed by atoms with Gasteiger partial charge in [0.1, 0.15) is 11.9 Å². The van der Waals surface area contributed by atoms with Gasteiger partial charge in [0.15, 0.2) is 11.5 Å². The number of hydrogen-bond acceptors (Lipinski definition) is 8. The van der Waals surface area contributed by atoms with Gasteiger partial charge in [-0.15, -0.1) is 0 Å². The highest BCUT2D eigenvalue weighted by molar-refractivity contribution is 5.93. The van der Waals surface area contributed by atoms with Crippen molar-refractivity contribution in [3.05, 3.63) is 82.3 Å². The Bertz CT molecular complexity index is 1040. The lowest BCUT2D eigenvalue weighted by Gasteiger charge is -2.10. The number of aromatic nitrogens is 2. The van der Waals surface area contributed by atoms with Crippen molar-refractivity contribution in [3.63, 3.8) is 0 Å². The van der Waals surface area contributed by atoms with Crippen LogP contribution in [0.5, 0.6) is 17.4 Å². The summed E-state index contributed by atoms with van der Waals surface area (Å²) in [5, 5.41) is 14.6. The lowest BCUT2D eigenvalue weighted by Crippen LogP contribution is -2.18. The first kappa shape index (κ1) is 19.4. The standard InChI is InChI=1S/C19H15N5O5/c1-28-17-10-13(11-22-23-19(25)15-4-2-3-9-20-15)5-7-16(17)29-18-8-6-14(12-21-18)24(26)27/h2-12H,1H3,(H,23,25)/b22-11+. The molecule has 0 radical (unpaired) electrons. The van der Waals surface area contributed by atoms with Crippen molar-refractivity contribution in [2.75, 3.05) is 7.11 Å². The minimum atomic E-state index is -0.544. The predicted molar refractivity (Wildman–Crippen MR) is 103 cm³/mol. The van der Waals surface area contributed by atoms with E-state index in [2.05, 4.69) is 20.5 Å². The van der Waals surface area contributed by atoms with Gasteiger partial charge in [0, 0.05) is 18.3 Å². The van der Waals surface area contributed by atoms with Crippen molar-refractivity contribution in [2.45, 2.75) is 0 Å². The Balaban J connectivity index is 1.68. The van der Waals surface area contributed by atoms with E-state index in [-0.39, 0.29) is 17.3 Å². The highest BCUT2D eigenvalue weighted by atomic mass is 16.6. The number of pyridine rings is 2. The molecule has 2 heterocycles. The number of amides is 1. The normalized spacial score (nSPS) is 10.5. The van der Waals surface area contributed by atoms with Gasteiger partial charge in [0.05, 0.1) is 18.2 Å². The molecule has 1 aromatic carbocycles. The van der Waals surface area contributed by atoms with Gasteiger partial charge in [-0.3, -0.25) is 19.9 Å². The minimum Gasteiger partial charge on any atom is -0.493 e. The molecule has 10 heteroatoms. The van der Waals surface area contributed by atoms with Gasteiger partial charge in [0.2, 0.25) is 5.88 Å². The summed E-state index contributed by atoms with van der Waals surface area (Å²) in [6, 6.07) is 12.6. The smallest absolute Gasteiger partial charge is 0.289 e. The van der Waals surface area contributed by atoms with Crippen molar-refractivity contribution in [2.24, 2.45) is 5.10 Å². The molecule has 0 aliphatic rings. The number of carbonyl (C=O) groups is 1. The molecule has 1 amide bonds. The average molecular weight is 393 g/mol. The monoisotopic (exact) mass is 393 g/mol. The second-order valence-corrected chi connectivity index (χ2v) is 5.54. The molecule has 1 N–H and O–H groups in total. The minimum absolute atomic E-state index is 0.136. The van der Waals surface area contributed by atoms with Crippen LogP contribution in [0.3, 0.4) is 0 Å². The van der Waals surface area contributed by atoms with Gasteiger partial charge in [-0.1, -0.05) is 6.07 Å². The Morgan fingerprint density at radius 2 is 2.03 bits per heavy atom. The molecular formula is C19H15N5O5. The van der Waals surface area contributed by atoms with E-state index in [4.69, 9.17) is 9.47 Å². The largest absolute Gasteiger partial charge is 0.493 e. The third-order valence-electron chi connectivity index (χ3n) is 3.61. The van der Waals surface area contributed by atoms with E-state index >= 15 is 0 Å². The molecule has 0 saturated carbocycles. The molecule has 29 heavy (non-hydrogen) atoms. The lowest BCUT2D eigenvalue weighted by atomic mass is 10.2. The highest BCUT2D eigenvalue weighted by Crippen LogP contribution is 2.31. The van der Waals surface area contributed by atoms with Crippen LogP contribution < -0.4 is 14.9 Å². The van der Waals surface area contributed by atoms with Gasteiger partial charge >= 0.3 is 0 Å². The topological polar surface area (TPSA) is 129 Å². The molecule has 2 aromatic heterocycles. The number of nitro groups is 1. The summed E-state index contributed by atoms with van der Waals surface area (Å²) < 4.78 is 10.9. The summed E-state index contributed by atoms with van der Waals surface area (Å²) in [7, 11) is 1.47. The van der Waals surface area contributed by atoms with Crippen molar-refractivity contribution < 1.29 is 19.2 Å². The molecule has 0 spiro atoms. The van der Waals surface area contributed by atoms with Crippen molar-refractivity contribution in [3.8, 4) is 17.4 Å². The Morgan fingerprint density at radius 3 is 2.69 bits per heavy atom. The number of benzene rings is 1. The predicted octanol–water partition coefficient (Wildman–Crippen LogP) is 2.95. The molecule has 0 fully saturated rings. The zero-order valence-corrected chi connectivity index (χ0v) is 15.2. The average Bonchev–Trinajstić information content (AvgIpc) is 2.75. The van der Waals surface area contributed by atoms with Gasteiger partial charge in [-0.2, -0.15) is 5.10 Å². The Morgan fingerprint density at radius 1 is 1.17 bits per heavy atom. The van der Waals surface area contributed by atoms with Crippen LogP contribution in [0.4, 0.5) is 5.69 Å². The molecular weight excluding hydrogens is 378 g/mol. The summed E-state index contributed by atoms with van der Waals surface area (Å²) in [6.07, 6.45) is 4.06. The molecule has 10 nitrogen and oxygen atoms in total. The number of hydrazone groups is 1. The second-order valence-electron chi connectivity index (χ2n) is 5.54. The lowest BCUT2D eigenvalue weighted by molar-refractivity contribution is -0.385. The van der Waals surface area contributed by atoms with Gasteiger partial charge in [0.25, 0.3) is 11.6 Å². The molecule has 3 aromatic rings. The first-order chi connectivity index (χ1) is 14.1. The van der Waals surface area contributed by atoms with E-state index in [0.717, 1.165) is 6.20 Å². The number of hydrogen-bond donors (Lipinski definition) is 1. The van der Waals surface area contributed by atoms with Crippen LogP contribution in [0, 0.1) is 10.1 Å². The Kier molecular flexibility index (Phi) is 6.05. The fraction of sp³-hybridized carbons (Fsp3) is 0.0526. The molecule has 146 valence electrons. The summed E-state index contributed by atoms with van der Waals surface area (Å²) in [6.45, 7) is 0. The van der Waals surface area contributed by atoms with Gasteiger partial charge in [-0.05, 0) is 35.9 Å². The molecule has 0 aliphatic carbocycles. The van der Waals surface area contributed by atoms with Crippen LogP contribution in [0.15, 0.2) is 66.0 Å². The molecule has 0 bridgehead atoms. The van der Waals surface area contributed by atoms with E-state index in [0.29, 0.717) is 17.1 Å². The van der Waals surface area contributed by atoms with E-state index in [9.17, 15) is 14.9 Å². The van der Waals surface area contributed by atoms with Crippen LogP contribution in [-0.4, -0.2) is 34.1 Å². The molecule has 0 aliphatic heterocycles.